The molecule has 122 valence electrons. The van der Waals surface area contributed by atoms with E-state index < -0.39 is 0 Å². The fraction of sp³-hybridized carbons (Fsp3) is 0.278. The first-order chi connectivity index (χ1) is 11.2. The molecule has 0 saturated carbocycles. The summed E-state index contributed by atoms with van der Waals surface area (Å²) in [4.78, 5) is 12.5. The Kier molecular flexibility index (Phi) is 6.44. The summed E-state index contributed by atoms with van der Waals surface area (Å²) in [5.41, 5.74) is 2.33. The molecule has 0 radical (unpaired) electrons. The third-order valence-corrected chi connectivity index (χ3v) is 3.69. The van der Waals surface area contributed by atoms with Gasteiger partial charge in [-0.2, -0.15) is 0 Å². The summed E-state index contributed by atoms with van der Waals surface area (Å²) in [5, 5.41) is 6.46. The molecule has 1 amide bonds. The normalized spacial score (nSPS) is 10.4. The molecule has 2 aromatic rings. The average Bonchev–Trinajstić information content (AvgIpc) is 2.56. The van der Waals surface area contributed by atoms with Gasteiger partial charge in [0, 0.05) is 11.3 Å². The Bertz CT molecular complexity index is 674. The highest BCUT2D eigenvalue weighted by Gasteiger charge is 2.12. The predicted molar refractivity (Wildman–Crippen MR) is 94.6 cm³/mol. The van der Waals surface area contributed by atoms with E-state index in [0.717, 1.165) is 18.5 Å². The second kappa shape index (κ2) is 8.56. The maximum Gasteiger partial charge on any atom is 0.255 e. The number of hydrogen-bond acceptors (Lipinski definition) is 3. The SMILES string of the molecule is CCOc1ccc(NC(=O)c2ccccc2CCNC)cc1Cl. The molecule has 0 saturated heterocycles. The summed E-state index contributed by atoms with van der Waals surface area (Å²) in [5.74, 6) is 0.471. The van der Waals surface area contributed by atoms with Gasteiger partial charge in [-0.1, -0.05) is 29.8 Å². The molecule has 0 heterocycles. The Morgan fingerprint density at radius 3 is 2.70 bits per heavy atom. The number of carbonyl (C=O) groups excluding carboxylic acids is 1. The van der Waals surface area contributed by atoms with Gasteiger partial charge in [-0.3, -0.25) is 4.79 Å². The van der Waals surface area contributed by atoms with Crippen LogP contribution in [0.15, 0.2) is 42.5 Å². The van der Waals surface area contributed by atoms with Crippen molar-refractivity contribution in [3.63, 3.8) is 0 Å². The van der Waals surface area contributed by atoms with E-state index >= 15 is 0 Å². The Morgan fingerprint density at radius 2 is 2.00 bits per heavy atom. The van der Waals surface area contributed by atoms with E-state index in [1.165, 1.54) is 0 Å². The zero-order valence-corrected chi connectivity index (χ0v) is 14.1. The molecule has 0 atom stereocenters. The van der Waals surface area contributed by atoms with Crippen molar-refractivity contribution in [2.24, 2.45) is 0 Å². The number of nitrogens with one attached hydrogen (secondary N) is 2. The van der Waals surface area contributed by atoms with E-state index in [9.17, 15) is 4.79 Å². The first-order valence-electron chi connectivity index (χ1n) is 7.62. The van der Waals surface area contributed by atoms with Crippen LogP contribution in [0.5, 0.6) is 5.75 Å². The van der Waals surface area contributed by atoms with Gasteiger partial charge < -0.3 is 15.4 Å². The average molecular weight is 333 g/mol. The largest absolute Gasteiger partial charge is 0.492 e. The third kappa shape index (κ3) is 4.71. The van der Waals surface area contributed by atoms with Crippen LogP contribution in [0.25, 0.3) is 0 Å². The maximum absolute atomic E-state index is 12.5. The van der Waals surface area contributed by atoms with Crippen LogP contribution in [0.1, 0.15) is 22.8 Å². The fourth-order valence-electron chi connectivity index (χ4n) is 2.27. The first kappa shape index (κ1) is 17.3. The van der Waals surface area contributed by atoms with Crippen LogP contribution in [-0.2, 0) is 6.42 Å². The second-order valence-electron chi connectivity index (χ2n) is 5.04. The monoisotopic (exact) mass is 332 g/mol. The highest BCUT2D eigenvalue weighted by Crippen LogP contribution is 2.28. The van der Waals surface area contributed by atoms with Crippen LogP contribution in [-0.4, -0.2) is 26.1 Å². The lowest BCUT2D eigenvalue weighted by atomic mass is 10.0. The van der Waals surface area contributed by atoms with Crippen molar-refractivity contribution in [3.8, 4) is 5.75 Å². The molecule has 23 heavy (non-hydrogen) atoms. The number of anilines is 1. The van der Waals surface area contributed by atoms with Gasteiger partial charge >= 0.3 is 0 Å². The van der Waals surface area contributed by atoms with E-state index in [0.29, 0.717) is 28.6 Å². The third-order valence-electron chi connectivity index (χ3n) is 3.40. The van der Waals surface area contributed by atoms with E-state index in [1.54, 1.807) is 18.2 Å². The number of amides is 1. The minimum absolute atomic E-state index is 0.142. The lowest BCUT2D eigenvalue weighted by molar-refractivity contribution is 0.102. The minimum Gasteiger partial charge on any atom is -0.492 e. The topological polar surface area (TPSA) is 50.4 Å². The molecule has 0 bridgehead atoms. The van der Waals surface area contributed by atoms with Crippen molar-refractivity contribution in [2.75, 3.05) is 25.5 Å². The van der Waals surface area contributed by atoms with Gasteiger partial charge in [0.1, 0.15) is 5.75 Å². The molecule has 5 heteroatoms. The van der Waals surface area contributed by atoms with Gasteiger partial charge in [-0.15, -0.1) is 0 Å². The fourth-order valence-corrected chi connectivity index (χ4v) is 2.50. The molecule has 4 nitrogen and oxygen atoms in total. The smallest absolute Gasteiger partial charge is 0.255 e. The van der Waals surface area contributed by atoms with Crippen molar-refractivity contribution in [2.45, 2.75) is 13.3 Å². The number of likely N-dealkylation sites (N-methyl/N-ethyl adjacent to an activating group) is 1. The molecule has 0 aromatic heterocycles. The zero-order chi connectivity index (χ0) is 16.7. The minimum atomic E-state index is -0.142. The van der Waals surface area contributed by atoms with Crippen molar-refractivity contribution < 1.29 is 9.53 Å². The summed E-state index contributed by atoms with van der Waals surface area (Å²) < 4.78 is 5.39. The lowest BCUT2D eigenvalue weighted by Crippen LogP contribution is -2.17. The molecule has 2 N–H and O–H groups in total. The van der Waals surface area contributed by atoms with E-state index in [4.69, 9.17) is 16.3 Å². The summed E-state index contributed by atoms with van der Waals surface area (Å²) in [6.07, 6.45) is 0.796. The molecule has 0 spiro atoms. The number of hydrogen-bond donors (Lipinski definition) is 2. The Morgan fingerprint density at radius 1 is 1.22 bits per heavy atom. The number of halogens is 1. The van der Waals surface area contributed by atoms with Gasteiger partial charge in [-0.25, -0.2) is 0 Å². The predicted octanol–water partition coefficient (Wildman–Crippen LogP) is 3.75. The molecule has 0 fully saturated rings. The van der Waals surface area contributed by atoms with Gasteiger partial charge in [0.25, 0.3) is 5.91 Å². The first-order valence-corrected chi connectivity index (χ1v) is 7.99. The van der Waals surface area contributed by atoms with Crippen molar-refractivity contribution in [1.82, 2.24) is 5.32 Å². The molecule has 0 aliphatic carbocycles. The van der Waals surface area contributed by atoms with Crippen LogP contribution in [0.2, 0.25) is 5.02 Å². The second-order valence-corrected chi connectivity index (χ2v) is 5.45. The van der Waals surface area contributed by atoms with Crippen LogP contribution in [0.4, 0.5) is 5.69 Å². The number of ether oxygens (including phenoxy) is 1. The van der Waals surface area contributed by atoms with E-state index in [1.807, 2.05) is 38.2 Å². The van der Waals surface area contributed by atoms with Crippen molar-refractivity contribution >= 4 is 23.2 Å². The summed E-state index contributed by atoms with van der Waals surface area (Å²) >= 11 is 6.15. The number of rotatable bonds is 7. The Labute approximate surface area is 141 Å². The van der Waals surface area contributed by atoms with Gasteiger partial charge in [0.05, 0.1) is 11.6 Å². The number of carbonyl (C=O) groups is 1. The van der Waals surface area contributed by atoms with Gasteiger partial charge in [0.2, 0.25) is 0 Å². The molecule has 0 aliphatic rings. The quantitative estimate of drug-likeness (QED) is 0.811. The highest BCUT2D eigenvalue weighted by atomic mass is 35.5. The lowest BCUT2D eigenvalue weighted by Gasteiger charge is -2.11. The van der Waals surface area contributed by atoms with Gasteiger partial charge in [-0.05, 0) is 56.8 Å². The summed E-state index contributed by atoms with van der Waals surface area (Å²) in [7, 11) is 1.89. The van der Waals surface area contributed by atoms with Crippen molar-refractivity contribution in [3.05, 3.63) is 58.6 Å². The number of benzene rings is 2. The van der Waals surface area contributed by atoms with Gasteiger partial charge in [0.15, 0.2) is 0 Å². The Hall–Kier alpha value is -2.04. The van der Waals surface area contributed by atoms with Crippen LogP contribution in [0.3, 0.4) is 0 Å². The zero-order valence-electron chi connectivity index (χ0n) is 13.4. The van der Waals surface area contributed by atoms with E-state index in [-0.39, 0.29) is 5.91 Å². The van der Waals surface area contributed by atoms with Crippen LogP contribution < -0.4 is 15.4 Å². The Balaban J connectivity index is 2.14. The molecule has 2 aromatic carbocycles. The summed E-state index contributed by atoms with van der Waals surface area (Å²) in [6, 6.07) is 12.8. The molecule has 2 rings (SSSR count). The molecule has 0 aliphatic heterocycles. The maximum atomic E-state index is 12.5. The summed E-state index contributed by atoms with van der Waals surface area (Å²) in [6.45, 7) is 3.26. The highest BCUT2D eigenvalue weighted by molar-refractivity contribution is 6.32. The molecular formula is C18H21ClN2O2. The standard InChI is InChI=1S/C18H21ClN2O2/c1-3-23-17-9-8-14(12-16(17)19)21-18(22)15-7-5-4-6-13(15)10-11-20-2/h4-9,12,20H,3,10-11H2,1-2H3,(H,21,22). The molecular weight excluding hydrogens is 312 g/mol. The van der Waals surface area contributed by atoms with E-state index in [2.05, 4.69) is 10.6 Å². The van der Waals surface area contributed by atoms with Crippen LogP contribution >= 0.6 is 11.6 Å². The van der Waals surface area contributed by atoms with Crippen molar-refractivity contribution in [1.29, 1.82) is 0 Å². The molecule has 0 unspecified atom stereocenters. The van der Waals surface area contributed by atoms with Crippen LogP contribution in [0, 0.1) is 0 Å².